The molecular weight excluding hydrogens is 434 g/mol. The summed E-state index contributed by atoms with van der Waals surface area (Å²) in [5.74, 6) is 1.56. The molecule has 10 heteroatoms. The van der Waals surface area contributed by atoms with Gasteiger partial charge in [0.25, 0.3) is 5.91 Å². The van der Waals surface area contributed by atoms with Crippen molar-refractivity contribution in [3.8, 4) is 11.6 Å². The van der Waals surface area contributed by atoms with Crippen molar-refractivity contribution in [1.82, 2.24) is 24.4 Å². The van der Waals surface area contributed by atoms with Crippen LogP contribution in [-0.2, 0) is 11.8 Å². The standard InChI is InChI=1S/C24H25N7O3/c1-14-4-7-17(12-18(14)25-24(33)19-10-15(2)28-30(19)3)34-23-9-8-21-26-20(13-31(21)29-23)27-22(32)11-16-5-6-16/h4,7-10,12-13,16H,5-6,11H2,1-3H3,(H,25,33)(H,27,32). The number of anilines is 2. The third-order valence-corrected chi connectivity index (χ3v) is 5.65. The van der Waals surface area contributed by atoms with Gasteiger partial charge in [0, 0.05) is 31.3 Å². The first-order valence-electron chi connectivity index (χ1n) is 11.1. The molecule has 0 spiro atoms. The first kappa shape index (κ1) is 21.6. The van der Waals surface area contributed by atoms with Crippen molar-refractivity contribution in [2.45, 2.75) is 33.1 Å². The lowest BCUT2D eigenvalue weighted by molar-refractivity contribution is -0.116. The Bertz CT molecular complexity index is 1400. The fourth-order valence-electron chi connectivity index (χ4n) is 3.69. The number of rotatable bonds is 7. The molecule has 10 nitrogen and oxygen atoms in total. The molecule has 2 amide bonds. The Morgan fingerprint density at radius 2 is 1.91 bits per heavy atom. The van der Waals surface area contributed by atoms with Crippen molar-refractivity contribution in [3.05, 3.63) is 59.5 Å². The van der Waals surface area contributed by atoms with Gasteiger partial charge in [0.2, 0.25) is 11.8 Å². The molecule has 174 valence electrons. The van der Waals surface area contributed by atoms with E-state index in [-0.39, 0.29) is 11.8 Å². The van der Waals surface area contributed by atoms with E-state index in [0.29, 0.717) is 46.8 Å². The third-order valence-electron chi connectivity index (χ3n) is 5.65. The van der Waals surface area contributed by atoms with Gasteiger partial charge in [-0.25, -0.2) is 9.50 Å². The van der Waals surface area contributed by atoms with Gasteiger partial charge in [0.05, 0.1) is 11.9 Å². The summed E-state index contributed by atoms with van der Waals surface area (Å²) in [6.45, 7) is 3.74. The molecule has 4 aromatic rings. The molecule has 0 aliphatic heterocycles. The van der Waals surface area contributed by atoms with Crippen molar-refractivity contribution in [2.75, 3.05) is 10.6 Å². The van der Waals surface area contributed by atoms with Gasteiger partial charge in [0.1, 0.15) is 11.4 Å². The van der Waals surface area contributed by atoms with Gasteiger partial charge in [-0.1, -0.05) is 6.07 Å². The maximum atomic E-state index is 12.7. The average Bonchev–Trinajstić information content (AvgIpc) is 3.39. The van der Waals surface area contributed by atoms with Crippen molar-refractivity contribution >= 4 is 29.0 Å². The summed E-state index contributed by atoms with van der Waals surface area (Å²) in [6, 6.07) is 10.6. The number of carbonyl (C=O) groups excluding carboxylic acids is 2. The van der Waals surface area contributed by atoms with Gasteiger partial charge < -0.3 is 15.4 Å². The number of ether oxygens (including phenoxy) is 1. The predicted octanol–water partition coefficient (Wildman–Crippen LogP) is 3.86. The summed E-state index contributed by atoms with van der Waals surface area (Å²) >= 11 is 0. The number of hydrogen-bond donors (Lipinski definition) is 2. The first-order chi connectivity index (χ1) is 16.3. The number of nitrogens with one attached hydrogen (secondary N) is 2. The molecule has 3 heterocycles. The van der Waals surface area contributed by atoms with Crippen LogP contribution in [0.1, 0.15) is 41.0 Å². The van der Waals surface area contributed by atoms with Crippen molar-refractivity contribution in [1.29, 1.82) is 0 Å². The summed E-state index contributed by atoms with van der Waals surface area (Å²) in [5, 5.41) is 14.4. The quantitative estimate of drug-likeness (QED) is 0.434. The number of hydrogen-bond acceptors (Lipinski definition) is 6. The highest BCUT2D eigenvalue weighted by molar-refractivity contribution is 6.03. The summed E-state index contributed by atoms with van der Waals surface area (Å²) in [7, 11) is 1.73. The highest BCUT2D eigenvalue weighted by Gasteiger charge is 2.24. The molecule has 0 atom stereocenters. The molecule has 1 aliphatic carbocycles. The minimum absolute atomic E-state index is 0.0297. The Hall–Kier alpha value is -4.21. The van der Waals surface area contributed by atoms with Crippen LogP contribution in [0.15, 0.2) is 42.6 Å². The second kappa shape index (κ2) is 8.62. The van der Waals surface area contributed by atoms with E-state index in [4.69, 9.17) is 4.74 Å². The predicted molar refractivity (Wildman–Crippen MR) is 126 cm³/mol. The minimum Gasteiger partial charge on any atom is -0.438 e. The topological polar surface area (TPSA) is 115 Å². The van der Waals surface area contributed by atoms with Crippen LogP contribution in [0.3, 0.4) is 0 Å². The Morgan fingerprint density at radius 3 is 2.65 bits per heavy atom. The van der Waals surface area contributed by atoms with Crippen molar-refractivity contribution in [2.24, 2.45) is 13.0 Å². The SMILES string of the molecule is Cc1cc(C(=O)Nc2cc(Oc3ccc4nc(NC(=O)CC5CC5)cn4n3)ccc2C)n(C)n1. The lowest BCUT2D eigenvalue weighted by Crippen LogP contribution is -2.16. The second-order valence-electron chi connectivity index (χ2n) is 8.62. The third kappa shape index (κ3) is 4.75. The molecule has 1 aliphatic rings. The summed E-state index contributed by atoms with van der Waals surface area (Å²) < 4.78 is 9.04. The number of imidazole rings is 1. The largest absolute Gasteiger partial charge is 0.438 e. The summed E-state index contributed by atoms with van der Waals surface area (Å²) in [4.78, 5) is 29.1. The highest BCUT2D eigenvalue weighted by Crippen LogP contribution is 2.32. The second-order valence-corrected chi connectivity index (χ2v) is 8.62. The maximum Gasteiger partial charge on any atom is 0.273 e. The van der Waals surface area contributed by atoms with Crippen LogP contribution in [0.5, 0.6) is 11.6 Å². The van der Waals surface area contributed by atoms with Gasteiger partial charge in [-0.2, -0.15) is 5.10 Å². The van der Waals surface area contributed by atoms with Gasteiger partial charge >= 0.3 is 0 Å². The number of nitrogens with zero attached hydrogens (tertiary/aromatic N) is 5. The molecule has 1 aromatic carbocycles. The van der Waals surface area contributed by atoms with E-state index >= 15 is 0 Å². The van der Waals surface area contributed by atoms with Gasteiger partial charge in [-0.05, 0) is 56.4 Å². The molecule has 3 aromatic heterocycles. The maximum absolute atomic E-state index is 12.7. The highest BCUT2D eigenvalue weighted by atomic mass is 16.5. The zero-order chi connectivity index (χ0) is 23.8. The van der Waals surface area contributed by atoms with E-state index in [9.17, 15) is 9.59 Å². The zero-order valence-electron chi connectivity index (χ0n) is 19.2. The van der Waals surface area contributed by atoms with E-state index in [1.165, 1.54) is 0 Å². The van der Waals surface area contributed by atoms with E-state index in [0.717, 1.165) is 24.1 Å². The Morgan fingerprint density at radius 1 is 1.09 bits per heavy atom. The molecule has 0 unspecified atom stereocenters. The minimum atomic E-state index is -0.252. The van der Waals surface area contributed by atoms with E-state index in [1.807, 2.05) is 26.0 Å². The number of fused-ring (bicyclic) bond motifs is 1. The molecule has 1 fully saturated rings. The van der Waals surface area contributed by atoms with Crippen LogP contribution in [0, 0.1) is 19.8 Å². The lowest BCUT2D eigenvalue weighted by atomic mass is 10.2. The average molecular weight is 460 g/mol. The zero-order valence-corrected chi connectivity index (χ0v) is 19.2. The summed E-state index contributed by atoms with van der Waals surface area (Å²) in [5.41, 5.74) is 3.36. The number of benzene rings is 1. The number of aryl methyl sites for hydroxylation is 3. The molecule has 5 rings (SSSR count). The van der Waals surface area contributed by atoms with E-state index in [1.54, 1.807) is 46.7 Å². The number of aromatic nitrogens is 5. The van der Waals surface area contributed by atoms with Crippen LogP contribution in [0.2, 0.25) is 0 Å². The number of carbonyl (C=O) groups is 2. The Balaban J connectivity index is 1.30. The van der Waals surface area contributed by atoms with E-state index < -0.39 is 0 Å². The van der Waals surface area contributed by atoms with Crippen LogP contribution in [-0.4, -0.2) is 36.2 Å². The first-order valence-corrected chi connectivity index (χ1v) is 11.1. The van der Waals surface area contributed by atoms with Crippen molar-refractivity contribution in [3.63, 3.8) is 0 Å². The van der Waals surface area contributed by atoms with E-state index in [2.05, 4.69) is 25.8 Å². The smallest absolute Gasteiger partial charge is 0.273 e. The fraction of sp³-hybridized carbons (Fsp3) is 0.292. The monoisotopic (exact) mass is 459 g/mol. The molecule has 0 bridgehead atoms. The van der Waals surface area contributed by atoms with Crippen molar-refractivity contribution < 1.29 is 14.3 Å². The number of amides is 2. The van der Waals surface area contributed by atoms with Gasteiger partial charge in [-0.15, -0.1) is 5.10 Å². The van der Waals surface area contributed by atoms with Crippen LogP contribution in [0.25, 0.3) is 5.65 Å². The normalized spacial score (nSPS) is 13.1. The Labute approximate surface area is 195 Å². The fourth-order valence-corrected chi connectivity index (χ4v) is 3.69. The molecule has 1 saturated carbocycles. The summed E-state index contributed by atoms with van der Waals surface area (Å²) in [6.07, 6.45) is 4.42. The van der Waals surface area contributed by atoms with Crippen LogP contribution >= 0.6 is 0 Å². The molecule has 0 radical (unpaired) electrons. The van der Waals surface area contributed by atoms with Gasteiger partial charge in [0.15, 0.2) is 11.5 Å². The molecule has 0 saturated heterocycles. The lowest BCUT2D eigenvalue weighted by Gasteiger charge is -2.11. The molecule has 2 N–H and O–H groups in total. The van der Waals surface area contributed by atoms with Crippen LogP contribution < -0.4 is 15.4 Å². The molecular formula is C24H25N7O3. The van der Waals surface area contributed by atoms with Crippen LogP contribution in [0.4, 0.5) is 11.5 Å². The Kier molecular flexibility index (Phi) is 5.48. The molecule has 34 heavy (non-hydrogen) atoms. The van der Waals surface area contributed by atoms with Gasteiger partial charge in [-0.3, -0.25) is 14.3 Å².